The lowest BCUT2D eigenvalue weighted by Gasteiger charge is -2.37. The van der Waals surface area contributed by atoms with Crippen LogP contribution in [0.1, 0.15) is 29.7 Å². The molecule has 0 spiro atoms. The van der Waals surface area contributed by atoms with Gasteiger partial charge in [0.15, 0.2) is 0 Å². The Balaban J connectivity index is 1.37. The molecule has 0 bridgehead atoms. The lowest BCUT2D eigenvalue weighted by Crippen LogP contribution is -2.47. The maximum Gasteiger partial charge on any atom is 0.267 e. The summed E-state index contributed by atoms with van der Waals surface area (Å²) >= 11 is 6.82. The Morgan fingerprint density at radius 1 is 0.951 bits per heavy atom. The normalized spacial score (nSPS) is 17.6. The fourth-order valence-corrected chi connectivity index (χ4v) is 6.71. The summed E-state index contributed by atoms with van der Waals surface area (Å²) in [4.78, 5) is 38.5. The first-order chi connectivity index (χ1) is 19.8. The van der Waals surface area contributed by atoms with Gasteiger partial charge in [-0.15, -0.1) is 0 Å². The van der Waals surface area contributed by atoms with E-state index >= 15 is 0 Å². The Morgan fingerprint density at radius 3 is 2.37 bits per heavy atom. The second-order valence-electron chi connectivity index (χ2n) is 10.2. The number of fused-ring (bicyclic) bond motifs is 1. The molecule has 0 saturated carbocycles. The molecule has 2 aliphatic heterocycles. The predicted octanol–water partition coefficient (Wildman–Crippen LogP) is 5.43. The van der Waals surface area contributed by atoms with E-state index in [1.165, 1.54) is 22.2 Å². The Kier molecular flexibility index (Phi) is 7.35. The van der Waals surface area contributed by atoms with Gasteiger partial charge in [0, 0.05) is 32.4 Å². The number of nitrogens with zero attached hydrogens (tertiary/aromatic N) is 5. The molecule has 10 heteroatoms. The molecule has 0 N–H and O–H groups in total. The summed E-state index contributed by atoms with van der Waals surface area (Å²) in [5.74, 6) is 0.0136. The number of benzene rings is 2. The third-order valence-electron chi connectivity index (χ3n) is 7.53. The summed E-state index contributed by atoms with van der Waals surface area (Å²) in [6.07, 6.45) is 3.39. The van der Waals surface area contributed by atoms with Gasteiger partial charge in [0.05, 0.1) is 22.2 Å². The van der Waals surface area contributed by atoms with Gasteiger partial charge in [0.25, 0.3) is 11.5 Å². The molecule has 2 aromatic carbocycles. The summed E-state index contributed by atoms with van der Waals surface area (Å²) in [6, 6.07) is 20.0. The van der Waals surface area contributed by atoms with Crippen molar-refractivity contribution in [1.82, 2.24) is 14.3 Å². The van der Waals surface area contributed by atoms with Gasteiger partial charge in [0.2, 0.25) is 0 Å². The van der Waals surface area contributed by atoms with Crippen LogP contribution in [-0.4, -0.2) is 50.7 Å². The second-order valence-corrected chi connectivity index (χ2v) is 11.8. The molecule has 6 rings (SSSR count). The summed E-state index contributed by atoms with van der Waals surface area (Å²) in [7, 11) is 0. The first kappa shape index (κ1) is 27.2. The summed E-state index contributed by atoms with van der Waals surface area (Å²) in [5, 5.41) is 0. The Labute approximate surface area is 246 Å². The maximum atomic E-state index is 14.4. The van der Waals surface area contributed by atoms with E-state index in [9.17, 15) is 14.0 Å². The van der Waals surface area contributed by atoms with Crippen molar-refractivity contribution >= 4 is 57.4 Å². The van der Waals surface area contributed by atoms with Gasteiger partial charge in [-0.3, -0.25) is 18.9 Å². The fraction of sp³-hybridized carbons (Fsp3) is 0.226. The van der Waals surface area contributed by atoms with Crippen LogP contribution in [0.3, 0.4) is 0 Å². The van der Waals surface area contributed by atoms with Gasteiger partial charge >= 0.3 is 0 Å². The zero-order valence-corrected chi connectivity index (χ0v) is 24.3. The highest BCUT2D eigenvalue weighted by molar-refractivity contribution is 8.26. The molecular formula is C31H28FN5O2S2. The lowest BCUT2D eigenvalue weighted by molar-refractivity contribution is -0.123. The number of anilines is 2. The van der Waals surface area contributed by atoms with Crippen LogP contribution in [0, 0.1) is 12.7 Å². The van der Waals surface area contributed by atoms with Crippen molar-refractivity contribution in [2.75, 3.05) is 36.0 Å². The van der Waals surface area contributed by atoms with Gasteiger partial charge in [-0.25, -0.2) is 9.37 Å². The van der Waals surface area contributed by atoms with E-state index in [-0.39, 0.29) is 23.3 Å². The number of thiocarbonyl (C=S) groups is 1. The number of piperazine rings is 1. The average Bonchev–Trinajstić information content (AvgIpc) is 3.27. The topological polar surface area (TPSA) is 61.2 Å². The molecule has 1 atom stereocenters. The number of carbonyl (C=O) groups is 1. The SMILES string of the molecule is Cc1ccc2nc(N3CCN(c4ccccc4F)CC3)c(/C=C3/SC(=S)N(C(C)c4ccccc4)C3=O)c(=O)n2c1. The summed E-state index contributed by atoms with van der Waals surface area (Å²) in [5.41, 5.74) is 3.05. The van der Waals surface area contributed by atoms with Crippen molar-refractivity contribution in [1.29, 1.82) is 0 Å². The molecule has 7 nitrogen and oxygen atoms in total. The molecule has 4 heterocycles. The van der Waals surface area contributed by atoms with E-state index in [2.05, 4.69) is 0 Å². The largest absolute Gasteiger partial charge is 0.366 e. The van der Waals surface area contributed by atoms with Crippen LogP contribution < -0.4 is 15.4 Å². The number of thioether (sulfide) groups is 1. The third-order valence-corrected chi connectivity index (χ3v) is 8.86. The Hall–Kier alpha value is -4.02. The fourth-order valence-electron chi connectivity index (χ4n) is 5.31. The van der Waals surface area contributed by atoms with Crippen molar-refractivity contribution in [2.24, 2.45) is 0 Å². The lowest BCUT2D eigenvalue weighted by atomic mass is 10.1. The molecular weight excluding hydrogens is 558 g/mol. The summed E-state index contributed by atoms with van der Waals surface area (Å²) in [6.45, 7) is 6.06. The van der Waals surface area contributed by atoms with Gasteiger partial charge in [-0.1, -0.05) is 72.5 Å². The molecule has 41 heavy (non-hydrogen) atoms. The van der Waals surface area contributed by atoms with Crippen LogP contribution in [0.15, 0.2) is 82.6 Å². The van der Waals surface area contributed by atoms with Crippen molar-refractivity contribution in [2.45, 2.75) is 19.9 Å². The number of hydrogen-bond acceptors (Lipinski definition) is 7. The van der Waals surface area contributed by atoms with Crippen LogP contribution in [0.4, 0.5) is 15.9 Å². The van der Waals surface area contributed by atoms with Crippen LogP contribution in [0.25, 0.3) is 11.7 Å². The number of amides is 1. The van der Waals surface area contributed by atoms with Crippen molar-refractivity contribution in [3.05, 3.63) is 111 Å². The molecule has 0 aliphatic carbocycles. The van der Waals surface area contributed by atoms with E-state index < -0.39 is 0 Å². The molecule has 2 aliphatic rings. The first-order valence-electron chi connectivity index (χ1n) is 13.4. The highest BCUT2D eigenvalue weighted by atomic mass is 32.2. The zero-order valence-electron chi connectivity index (χ0n) is 22.7. The van der Waals surface area contributed by atoms with E-state index in [1.807, 2.05) is 72.2 Å². The van der Waals surface area contributed by atoms with Gasteiger partial charge in [0.1, 0.15) is 21.6 Å². The van der Waals surface area contributed by atoms with Crippen molar-refractivity contribution in [3.63, 3.8) is 0 Å². The van der Waals surface area contributed by atoms with E-state index in [0.29, 0.717) is 58.1 Å². The highest BCUT2D eigenvalue weighted by Crippen LogP contribution is 2.38. The highest BCUT2D eigenvalue weighted by Gasteiger charge is 2.36. The second kappa shape index (κ2) is 11.1. The van der Waals surface area contributed by atoms with Crippen molar-refractivity contribution < 1.29 is 9.18 Å². The Bertz CT molecular complexity index is 1750. The number of pyridine rings is 1. The van der Waals surface area contributed by atoms with Gasteiger partial charge in [-0.2, -0.15) is 0 Å². The molecule has 4 aromatic rings. The molecule has 1 unspecified atom stereocenters. The van der Waals surface area contributed by atoms with Gasteiger partial charge in [-0.05, 0) is 49.2 Å². The van der Waals surface area contributed by atoms with Crippen LogP contribution in [0.2, 0.25) is 0 Å². The predicted molar refractivity (Wildman–Crippen MR) is 167 cm³/mol. The minimum absolute atomic E-state index is 0.236. The number of hydrogen-bond donors (Lipinski definition) is 0. The molecule has 0 radical (unpaired) electrons. The number of aryl methyl sites for hydroxylation is 1. The number of rotatable bonds is 5. The average molecular weight is 586 g/mol. The maximum absolute atomic E-state index is 14.4. The standard InChI is InChI=1S/C31H28FN5O2S2/c1-20-12-13-27-33-28(35-16-14-34(15-17-35)25-11-7-6-10-24(25)32)23(29(38)36(27)19-20)18-26-30(39)37(31(40)41-26)21(2)22-8-4-3-5-9-22/h3-13,18-19,21H,14-17H2,1-2H3/b26-18+. The molecule has 1 amide bonds. The number of halogens is 1. The smallest absolute Gasteiger partial charge is 0.267 e. The van der Waals surface area contributed by atoms with E-state index in [0.717, 1.165) is 11.1 Å². The van der Waals surface area contributed by atoms with Crippen LogP contribution >= 0.6 is 24.0 Å². The monoisotopic (exact) mass is 585 g/mol. The third kappa shape index (κ3) is 5.13. The van der Waals surface area contributed by atoms with Crippen LogP contribution in [0.5, 0.6) is 0 Å². The van der Waals surface area contributed by atoms with E-state index in [4.69, 9.17) is 17.2 Å². The summed E-state index contributed by atoms with van der Waals surface area (Å²) < 4.78 is 16.4. The van der Waals surface area contributed by atoms with Crippen molar-refractivity contribution in [3.8, 4) is 0 Å². The zero-order chi connectivity index (χ0) is 28.7. The first-order valence-corrected chi connectivity index (χ1v) is 14.6. The Morgan fingerprint density at radius 2 is 1.63 bits per heavy atom. The minimum Gasteiger partial charge on any atom is -0.366 e. The minimum atomic E-state index is -0.258. The van der Waals surface area contributed by atoms with E-state index in [1.54, 1.807) is 29.3 Å². The molecule has 2 fully saturated rings. The number of para-hydroxylation sites is 1. The number of aromatic nitrogens is 2. The molecule has 208 valence electrons. The quantitative estimate of drug-likeness (QED) is 0.229. The van der Waals surface area contributed by atoms with Crippen LogP contribution in [-0.2, 0) is 4.79 Å². The van der Waals surface area contributed by atoms with Gasteiger partial charge < -0.3 is 9.80 Å². The molecule has 2 aromatic heterocycles. The molecule has 2 saturated heterocycles. The number of carbonyl (C=O) groups excluding carboxylic acids is 1.